The van der Waals surface area contributed by atoms with Gasteiger partial charge in [-0.1, -0.05) is 25.6 Å². The van der Waals surface area contributed by atoms with Gasteiger partial charge in [-0.25, -0.2) is 0 Å². The van der Waals surface area contributed by atoms with Gasteiger partial charge in [0.25, 0.3) is 0 Å². The van der Waals surface area contributed by atoms with E-state index >= 15 is 0 Å². The number of nitrogens with zero attached hydrogens (tertiary/aromatic N) is 3. The van der Waals surface area contributed by atoms with Gasteiger partial charge in [0, 0.05) is 17.5 Å². The van der Waals surface area contributed by atoms with Crippen LogP contribution < -0.4 is 0 Å². The second kappa shape index (κ2) is 6.73. The van der Waals surface area contributed by atoms with E-state index in [0.29, 0.717) is 11.1 Å². The van der Waals surface area contributed by atoms with E-state index in [1.165, 1.54) is 11.8 Å². The van der Waals surface area contributed by atoms with Crippen molar-refractivity contribution in [2.45, 2.75) is 25.5 Å². The molecule has 0 aliphatic carbocycles. The van der Waals surface area contributed by atoms with Crippen molar-refractivity contribution in [2.75, 3.05) is 5.75 Å². The second-order valence-corrected chi connectivity index (χ2v) is 7.87. The highest BCUT2D eigenvalue weighted by molar-refractivity contribution is 9.11. The van der Waals surface area contributed by atoms with Crippen molar-refractivity contribution in [3.63, 3.8) is 0 Å². The highest BCUT2D eigenvalue weighted by Gasteiger charge is 2.17. The quantitative estimate of drug-likeness (QED) is 0.781. The predicted molar refractivity (Wildman–Crippen MR) is 84.2 cm³/mol. The van der Waals surface area contributed by atoms with Crippen LogP contribution in [0.25, 0.3) is 11.4 Å². The van der Waals surface area contributed by atoms with E-state index in [1.54, 1.807) is 11.3 Å². The van der Waals surface area contributed by atoms with Crippen LogP contribution in [0, 0.1) is 5.92 Å². The number of carbonyl (C=O) groups is 1. The lowest BCUT2D eigenvalue weighted by Gasteiger charge is -2.11. The second-order valence-electron chi connectivity index (χ2n) is 4.63. The summed E-state index contributed by atoms with van der Waals surface area (Å²) < 4.78 is 3.03. The summed E-state index contributed by atoms with van der Waals surface area (Å²) in [5.41, 5.74) is 0.997. The molecule has 0 amide bonds. The number of aliphatic carboxylic acids is 1. The lowest BCUT2D eigenvalue weighted by Crippen LogP contribution is -2.08. The highest BCUT2D eigenvalue weighted by atomic mass is 79.9. The topological polar surface area (TPSA) is 68.0 Å². The summed E-state index contributed by atoms with van der Waals surface area (Å²) in [7, 11) is 0. The number of thioether (sulfide) groups is 1. The van der Waals surface area contributed by atoms with Gasteiger partial charge in [-0.05, 0) is 27.9 Å². The van der Waals surface area contributed by atoms with Gasteiger partial charge >= 0.3 is 5.97 Å². The van der Waals surface area contributed by atoms with E-state index in [9.17, 15) is 4.79 Å². The molecule has 5 nitrogen and oxygen atoms in total. The summed E-state index contributed by atoms with van der Waals surface area (Å²) in [5, 5.41) is 19.8. The molecule has 0 saturated carbocycles. The van der Waals surface area contributed by atoms with Crippen molar-refractivity contribution in [2.24, 2.45) is 5.92 Å². The standard InChI is InChI=1S/C12H14BrN3O2S2/c1-7(2)4-16-11(8-3-9(13)19-5-8)14-15-12(16)20-6-10(17)18/h3,5,7H,4,6H2,1-2H3,(H,17,18). The van der Waals surface area contributed by atoms with Gasteiger partial charge in [0.1, 0.15) is 0 Å². The zero-order valence-corrected chi connectivity index (χ0v) is 14.3. The van der Waals surface area contributed by atoms with E-state index < -0.39 is 5.97 Å². The molecule has 20 heavy (non-hydrogen) atoms. The Morgan fingerprint density at radius 1 is 1.55 bits per heavy atom. The maximum Gasteiger partial charge on any atom is 0.313 e. The van der Waals surface area contributed by atoms with Crippen LogP contribution in [-0.2, 0) is 11.3 Å². The average molecular weight is 376 g/mol. The van der Waals surface area contributed by atoms with Gasteiger partial charge in [0.15, 0.2) is 11.0 Å². The summed E-state index contributed by atoms with van der Waals surface area (Å²) in [4.78, 5) is 10.7. The van der Waals surface area contributed by atoms with Crippen molar-refractivity contribution < 1.29 is 9.90 Å². The molecule has 2 aromatic heterocycles. The molecular formula is C12H14BrN3O2S2. The number of carboxylic acids is 1. The van der Waals surface area contributed by atoms with Crippen LogP contribution in [0.3, 0.4) is 0 Å². The van der Waals surface area contributed by atoms with E-state index in [4.69, 9.17) is 5.11 Å². The highest BCUT2D eigenvalue weighted by Crippen LogP contribution is 2.30. The molecule has 0 aromatic carbocycles. The molecule has 0 radical (unpaired) electrons. The van der Waals surface area contributed by atoms with Gasteiger partial charge in [-0.2, -0.15) is 0 Å². The Bertz CT molecular complexity index is 610. The van der Waals surface area contributed by atoms with Crippen molar-refractivity contribution >= 4 is 45.0 Å². The number of hydrogen-bond acceptors (Lipinski definition) is 5. The zero-order chi connectivity index (χ0) is 14.7. The molecule has 0 aliphatic rings. The number of halogens is 1. The molecule has 2 rings (SSSR count). The third kappa shape index (κ3) is 3.83. The largest absolute Gasteiger partial charge is 0.481 e. The Morgan fingerprint density at radius 2 is 2.30 bits per heavy atom. The maximum absolute atomic E-state index is 10.7. The van der Waals surface area contributed by atoms with Crippen LogP contribution in [0.5, 0.6) is 0 Å². The molecule has 0 bridgehead atoms. The van der Waals surface area contributed by atoms with Crippen molar-refractivity contribution in [3.05, 3.63) is 15.2 Å². The van der Waals surface area contributed by atoms with Crippen molar-refractivity contribution in [3.8, 4) is 11.4 Å². The van der Waals surface area contributed by atoms with E-state index in [2.05, 4.69) is 40.0 Å². The first-order valence-corrected chi connectivity index (χ1v) is 8.65. The molecule has 0 atom stereocenters. The monoisotopic (exact) mass is 375 g/mol. The minimum Gasteiger partial charge on any atom is -0.481 e. The molecular weight excluding hydrogens is 362 g/mol. The third-order valence-electron chi connectivity index (χ3n) is 2.41. The molecule has 2 aromatic rings. The fourth-order valence-corrected chi connectivity index (χ4v) is 3.50. The summed E-state index contributed by atoms with van der Waals surface area (Å²) >= 11 is 6.23. The normalized spacial score (nSPS) is 11.2. The molecule has 1 N–H and O–H groups in total. The summed E-state index contributed by atoms with van der Waals surface area (Å²) in [6.45, 7) is 4.98. The predicted octanol–water partition coefficient (Wildman–Crippen LogP) is 3.60. The summed E-state index contributed by atoms with van der Waals surface area (Å²) in [6.07, 6.45) is 0. The third-order valence-corrected chi connectivity index (χ3v) is 4.87. The molecule has 8 heteroatoms. The van der Waals surface area contributed by atoms with Gasteiger partial charge in [0.05, 0.1) is 9.54 Å². The first-order chi connectivity index (χ1) is 9.47. The fourth-order valence-electron chi connectivity index (χ4n) is 1.69. The number of thiophene rings is 1. The average Bonchev–Trinajstić information content (AvgIpc) is 2.93. The van der Waals surface area contributed by atoms with Crippen LogP contribution in [0.2, 0.25) is 0 Å². The van der Waals surface area contributed by atoms with E-state index in [-0.39, 0.29) is 5.75 Å². The van der Waals surface area contributed by atoms with Crippen LogP contribution >= 0.6 is 39.0 Å². The van der Waals surface area contributed by atoms with Crippen molar-refractivity contribution in [1.29, 1.82) is 0 Å². The Hall–Kier alpha value is -0.860. The minimum atomic E-state index is -0.853. The SMILES string of the molecule is CC(C)Cn1c(SCC(=O)O)nnc1-c1csc(Br)c1. The first-order valence-electron chi connectivity index (χ1n) is 5.99. The van der Waals surface area contributed by atoms with Crippen LogP contribution in [-0.4, -0.2) is 31.6 Å². The van der Waals surface area contributed by atoms with E-state index in [1.807, 2.05) is 16.0 Å². The van der Waals surface area contributed by atoms with Gasteiger partial charge in [0.2, 0.25) is 0 Å². The fraction of sp³-hybridized carbons (Fsp3) is 0.417. The van der Waals surface area contributed by atoms with Gasteiger partial charge in [-0.3, -0.25) is 4.79 Å². The Labute approximate surface area is 133 Å². The van der Waals surface area contributed by atoms with Gasteiger partial charge < -0.3 is 9.67 Å². The van der Waals surface area contributed by atoms with Crippen LogP contribution in [0.1, 0.15) is 13.8 Å². The zero-order valence-electron chi connectivity index (χ0n) is 11.0. The van der Waals surface area contributed by atoms with Crippen LogP contribution in [0.15, 0.2) is 20.4 Å². The smallest absolute Gasteiger partial charge is 0.313 e. The molecule has 0 fully saturated rings. The molecule has 2 heterocycles. The summed E-state index contributed by atoms with van der Waals surface area (Å²) in [5.74, 6) is 0.349. The van der Waals surface area contributed by atoms with Crippen LogP contribution in [0.4, 0.5) is 0 Å². The lowest BCUT2D eigenvalue weighted by atomic mass is 10.2. The molecule has 0 unspecified atom stereocenters. The lowest BCUT2D eigenvalue weighted by molar-refractivity contribution is -0.133. The molecule has 108 valence electrons. The minimum absolute atomic E-state index is 0.0104. The number of rotatable bonds is 6. The number of hydrogen-bond donors (Lipinski definition) is 1. The van der Waals surface area contributed by atoms with E-state index in [0.717, 1.165) is 21.7 Å². The first kappa shape index (κ1) is 15.5. The van der Waals surface area contributed by atoms with Gasteiger partial charge in [-0.15, -0.1) is 21.5 Å². The Kier molecular flexibility index (Phi) is 5.22. The maximum atomic E-state index is 10.7. The molecule has 0 spiro atoms. The van der Waals surface area contributed by atoms with Crippen molar-refractivity contribution in [1.82, 2.24) is 14.8 Å². The molecule has 0 saturated heterocycles. The Balaban J connectivity index is 2.33. The Morgan fingerprint density at radius 3 is 2.85 bits per heavy atom. The summed E-state index contributed by atoms with van der Waals surface area (Å²) in [6, 6.07) is 2.00. The molecule has 0 aliphatic heterocycles. The number of carboxylic acid groups (broad SMARTS) is 1. The number of aromatic nitrogens is 3.